The second-order valence-corrected chi connectivity index (χ2v) is 4.68. The molecule has 0 saturated heterocycles. The van der Waals surface area contributed by atoms with Crippen LogP contribution in [0, 0.1) is 0 Å². The number of halogens is 2. The molecule has 0 amide bonds. The van der Waals surface area contributed by atoms with E-state index >= 15 is 0 Å². The number of rotatable bonds is 0. The summed E-state index contributed by atoms with van der Waals surface area (Å²) in [6.07, 6.45) is 1.69. The predicted octanol–water partition coefficient (Wildman–Crippen LogP) is 4.20. The molecule has 0 spiro atoms. The summed E-state index contributed by atoms with van der Waals surface area (Å²) in [7, 11) is 0. The first kappa shape index (κ1) is 10.00. The monoisotopic (exact) mass is 292 g/mol. The van der Waals surface area contributed by atoms with Gasteiger partial charge in [-0.3, -0.25) is 4.98 Å². The van der Waals surface area contributed by atoms with E-state index in [0.717, 1.165) is 26.4 Å². The SMILES string of the molecule is Clc1cccc2ccc3nc(Br)cnc3c12. The summed E-state index contributed by atoms with van der Waals surface area (Å²) < 4.78 is 0.728. The fraction of sp³-hybridized carbons (Fsp3) is 0. The van der Waals surface area contributed by atoms with Crippen molar-refractivity contribution < 1.29 is 0 Å². The van der Waals surface area contributed by atoms with E-state index in [1.165, 1.54) is 0 Å². The van der Waals surface area contributed by atoms with E-state index in [1.54, 1.807) is 6.20 Å². The third-order valence-electron chi connectivity index (χ3n) is 2.47. The highest BCUT2D eigenvalue weighted by molar-refractivity contribution is 9.10. The standard InChI is InChI=1S/C12H6BrClN2/c13-10-6-15-12-9(16-10)5-4-7-2-1-3-8(14)11(7)12/h1-6H. The zero-order valence-electron chi connectivity index (χ0n) is 8.11. The molecule has 0 aliphatic rings. The third kappa shape index (κ3) is 1.47. The number of benzene rings is 2. The molecule has 16 heavy (non-hydrogen) atoms. The van der Waals surface area contributed by atoms with Crippen molar-refractivity contribution in [2.24, 2.45) is 0 Å². The lowest BCUT2D eigenvalue weighted by Gasteiger charge is -2.04. The zero-order chi connectivity index (χ0) is 11.1. The fourth-order valence-corrected chi connectivity index (χ4v) is 2.35. The van der Waals surface area contributed by atoms with Crippen LogP contribution in [-0.2, 0) is 0 Å². The van der Waals surface area contributed by atoms with Gasteiger partial charge < -0.3 is 0 Å². The van der Waals surface area contributed by atoms with E-state index in [2.05, 4.69) is 25.9 Å². The second kappa shape index (κ2) is 3.68. The van der Waals surface area contributed by atoms with Crippen LogP contribution in [-0.4, -0.2) is 9.97 Å². The zero-order valence-corrected chi connectivity index (χ0v) is 10.5. The Morgan fingerprint density at radius 2 is 2.00 bits per heavy atom. The van der Waals surface area contributed by atoms with Crippen LogP contribution >= 0.6 is 27.5 Å². The Labute approximate surface area is 105 Å². The molecule has 0 unspecified atom stereocenters. The van der Waals surface area contributed by atoms with Crippen LogP contribution in [0.5, 0.6) is 0 Å². The van der Waals surface area contributed by atoms with Gasteiger partial charge in [-0.05, 0) is 33.4 Å². The van der Waals surface area contributed by atoms with Gasteiger partial charge in [0.1, 0.15) is 4.60 Å². The number of hydrogen-bond donors (Lipinski definition) is 0. The van der Waals surface area contributed by atoms with E-state index < -0.39 is 0 Å². The smallest absolute Gasteiger partial charge is 0.125 e. The van der Waals surface area contributed by atoms with Gasteiger partial charge in [-0.25, -0.2) is 4.98 Å². The maximum absolute atomic E-state index is 6.20. The summed E-state index contributed by atoms with van der Waals surface area (Å²) >= 11 is 9.50. The second-order valence-electron chi connectivity index (χ2n) is 3.46. The first-order chi connectivity index (χ1) is 7.75. The molecule has 3 aromatic rings. The fourth-order valence-electron chi connectivity index (χ4n) is 1.79. The summed E-state index contributed by atoms with van der Waals surface area (Å²) in [5.74, 6) is 0. The minimum absolute atomic E-state index is 0.708. The number of aromatic nitrogens is 2. The molecule has 0 atom stereocenters. The van der Waals surface area contributed by atoms with Crippen LogP contribution < -0.4 is 0 Å². The molecule has 0 aliphatic heterocycles. The third-order valence-corrected chi connectivity index (χ3v) is 3.17. The molecule has 2 aromatic carbocycles. The van der Waals surface area contributed by atoms with Gasteiger partial charge >= 0.3 is 0 Å². The highest BCUT2D eigenvalue weighted by Gasteiger charge is 2.06. The van der Waals surface area contributed by atoms with Gasteiger partial charge in [0.05, 0.1) is 22.3 Å². The average Bonchev–Trinajstić information content (AvgIpc) is 2.29. The van der Waals surface area contributed by atoms with Crippen LogP contribution in [0.1, 0.15) is 0 Å². The van der Waals surface area contributed by atoms with Crippen molar-refractivity contribution in [3.8, 4) is 0 Å². The summed E-state index contributed by atoms with van der Waals surface area (Å²) in [4.78, 5) is 8.74. The Morgan fingerprint density at radius 3 is 2.88 bits per heavy atom. The number of hydrogen-bond acceptors (Lipinski definition) is 2. The molecule has 78 valence electrons. The van der Waals surface area contributed by atoms with Gasteiger partial charge in [-0.15, -0.1) is 0 Å². The Kier molecular flexibility index (Phi) is 2.30. The molecular formula is C12H6BrClN2. The number of fused-ring (bicyclic) bond motifs is 3. The van der Waals surface area contributed by atoms with Gasteiger partial charge in [0.2, 0.25) is 0 Å². The lowest BCUT2D eigenvalue weighted by molar-refractivity contribution is 1.26. The van der Waals surface area contributed by atoms with Crippen molar-refractivity contribution >= 4 is 49.3 Å². The average molecular weight is 294 g/mol. The van der Waals surface area contributed by atoms with Crippen LogP contribution in [0.15, 0.2) is 41.1 Å². The molecule has 3 rings (SSSR count). The Bertz CT molecular complexity index is 697. The molecule has 0 saturated carbocycles. The highest BCUT2D eigenvalue weighted by atomic mass is 79.9. The van der Waals surface area contributed by atoms with E-state index in [1.807, 2.05) is 30.3 Å². The lowest BCUT2D eigenvalue weighted by Crippen LogP contribution is -1.86. The molecule has 4 heteroatoms. The molecule has 0 bridgehead atoms. The van der Waals surface area contributed by atoms with Gasteiger partial charge in [-0.1, -0.05) is 29.8 Å². The Morgan fingerprint density at radius 1 is 1.12 bits per heavy atom. The normalized spacial score (nSPS) is 11.1. The van der Waals surface area contributed by atoms with Gasteiger partial charge in [0.25, 0.3) is 0 Å². The Balaban J connectivity index is 2.58. The molecular weight excluding hydrogens is 288 g/mol. The Hall–Kier alpha value is -1.19. The van der Waals surface area contributed by atoms with Crippen LogP contribution in [0.4, 0.5) is 0 Å². The quantitative estimate of drug-likeness (QED) is 0.581. The van der Waals surface area contributed by atoms with Crippen molar-refractivity contribution in [2.45, 2.75) is 0 Å². The maximum Gasteiger partial charge on any atom is 0.125 e. The van der Waals surface area contributed by atoms with Gasteiger partial charge in [0.15, 0.2) is 0 Å². The van der Waals surface area contributed by atoms with Crippen LogP contribution in [0.2, 0.25) is 5.02 Å². The summed E-state index contributed by atoms with van der Waals surface area (Å²) in [6, 6.07) is 9.77. The maximum atomic E-state index is 6.20. The largest absolute Gasteiger partial charge is 0.251 e. The van der Waals surface area contributed by atoms with Crippen molar-refractivity contribution in [3.63, 3.8) is 0 Å². The molecule has 0 N–H and O–H groups in total. The molecule has 2 nitrogen and oxygen atoms in total. The first-order valence-corrected chi connectivity index (χ1v) is 5.92. The minimum atomic E-state index is 0.708. The molecule has 1 heterocycles. The van der Waals surface area contributed by atoms with Crippen LogP contribution in [0.25, 0.3) is 21.8 Å². The van der Waals surface area contributed by atoms with E-state index in [4.69, 9.17) is 11.6 Å². The summed E-state index contributed by atoms with van der Waals surface area (Å²) in [5.41, 5.74) is 1.68. The molecule has 0 radical (unpaired) electrons. The molecule has 0 aliphatic carbocycles. The van der Waals surface area contributed by atoms with Crippen molar-refractivity contribution in [1.29, 1.82) is 0 Å². The van der Waals surface area contributed by atoms with Crippen molar-refractivity contribution in [3.05, 3.63) is 46.2 Å². The van der Waals surface area contributed by atoms with Crippen molar-refractivity contribution in [2.75, 3.05) is 0 Å². The predicted molar refractivity (Wildman–Crippen MR) is 69.8 cm³/mol. The highest BCUT2D eigenvalue weighted by Crippen LogP contribution is 2.29. The van der Waals surface area contributed by atoms with Crippen LogP contribution in [0.3, 0.4) is 0 Å². The summed E-state index contributed by atoms with van der Waals surface area (Å²) in [5, 5.41) is 2.75. The first-order valence-electron chi connectivity index (χ1n) is 4.75. The lowest BCUT2D eigenvalue weighted by atomic mass is 10.1. The van der Waals surface area contributed by atoms with Crippen molar-refractivity contribution in [1.82, 2.24) is 9.97 Å². The minimum Gasteiger partial charge on any atom is -0.251 e. The van der Waals surface area contributed by atoms with Gasteiger partial charge in [-0.2, -0.15) is 0 Å². The molecule has 1 aromatic heterocycles. The van der Waals surface area contributed by atoms with E-state index in [9.17, 15) is 0 Å². The molecule has 0 fully saturated rings. The number of nitrogens with zero attached hydrogens (tertiary/aromatic N) is 2. The van der Waals surface area contributed by atoms with Gasteiger partial charge in [0, 0.05) is 5.39 Å². The van der Waals surface area contributed by atoms with E-state index in [-0.39, 0.29) is 0 Å². The summed E-state index contributed by atoms with van der Waals surface area (Å²) in [6.45, 7) is 0. The topological polar surface area (TPSA) is 25.8 Å². The van der Waals surface area contributed by atoms with E-state index in [0.29, 0.717) is 5.02 Å².